The first kappa shape index (κ1) is 35.9. The minimum absolute atomic E-state index is 0.832. The molecule has 0 heterocycles. The van der Waals surface area contributed by atoms with Gasteiger partial charge in [-0.15, -0.1) is 24.2 Å². The van der Waals surface area contributed by atoms with Gasteiger partial charge in [-0.3, -0.25) is 0 Å². The summed E-state index contributed by atoms with van der Waals surface area (Å²) in [6, 6.07) is 12.4. The molecule has 5 aromatic carbocycles. The summed E-state index contributed by atoms with van der Waals surface area (Å²) < 4.78 is 0. The molecule has 0 N–H and O–H groups in total. The fourth-order valence-electron chi connectivity index (χ4n) is 10.8. The lowest BCUT2D eigenvalue weighted by Gasteiger charge is -2.25. The normalized spacial score (nSPS) is 17.5. The van der Waals surface area contributed by atoms with Gasteiger partial charge in [0.15, 0.2) is 0 Å². The van der Waals surface area contributed by atoms with E-state index in [1.807, 2.05) is 0 Å². The van der Waals surface area contributed by atoms with Gasteiger partial charge < -0.3 is 0 Å². The number of allylic oxidation sites excluding steroid dienone is 2. The van der Waals surface area contributed by atoms with Gasteiger partial charge in [-0.2, -0.15) is 0 Å². The molecule has 0 spiro atoms. The summed E-state index contributed by atoms with van der Waals surface area (Å²) in [5.41, 5.74) is 25.5. The highest BCUT2D eigenvalue weighted by Crippen LogP contribution is 2.61. The second-order valence-electron chi connectivity index (χ2n) is 18.3. The fourth-order valence-corrected chi connectivity index (χ4v) is 21.0. The number of rotatable bonds is 8. The van der Waals surface area contributed by atoms with Crippen LogP contribution in [0.15, 0.2) is 49.6 Å². The van der Waals surface area contributed by atoms with E-state index in [4.69, 9.17) is 0 Å². The average Bonchev–Trinajstić information content (AvgIpc) is 3.98. The summed E-state index contributed by atoms with van der Waals surface area (Å²) >= 11 is 0. The Morgan fingerprint density at radius 2 is 0.667 bits per heavy atom. The van der Waals surface area contributed by atoms with E-state index in [2.05, 4.69) is 128 Å². The zero-order valence-electron chi connectivity index (χ0n) is 34.3. The zero-order valence-corrected chi connectivity index (χ0v) is 36.3. The van der Waals surface area contributed by atoms with Crippen molar-refractivity contribution >= 4 is 59.2 Å². The van der Waals surface area contributed by atoms with Crippen LogP contribution in [-0.4, -0.2) is 16.1 Å². The summed E-state index contributed by atoms with van der Waals surface area (Å²) in [7, 11) is -3.70. The number of benzene rings is 5. The standard InChI is InChI=1S/C52H58Si2/c1-11-23-53(39-13-14-39,40-15-16-40)25-21-43-49-27-45-35(7)31(3)33(5)37(9)47(45)29-51(49)44(22-26-54(24-12-2,41-17-18-41)42-19-20-42)52-30-48-38(10)34(6)32(4)36(8)46(48)28-50(43)52/h11-12,27-30,39-42H,1-2,13-20,23-24H2,3-10H3. The lowest BCUT2D eigenvalue weighted by atomic mass is 9.84. The Morgan fingerprint density at radius 1 is 0.426 bits per heavy atom. The second-order valence-corrected chi connectivity index (χ2v) is 27.0. The van der Waals surface area contributed by atoms with Crippen LogP contribution in [0.2, 0.25) is 34.3 Å². The maximum Gasteiger partial charge on any atom is 0.148 e. The third kappa shape index (κ3) is 5.46. The largest absolute Gasteiger partial charge is 0.148 e. The predicted octanol–water partition coefficient (Wildman–Crippen LogP) is 14.5. The number of aryl methyl sites for hydroxylation is 4. The molecular formula is C52H58Si2. The van der Waals surface area contributed by atoms with Gasteiger partial charge >= 0.3 is 0 Å². The minimum atomic E-state index is -1.85. The summed E-state index contributed by atoms with van der Waals surface area (Å²) in [6.07, 6.45) is 15.4. The van der Waals surface area contributed by atoms with Gasteiger partial charge in [0.1, 0.15) is 16.1 Å². The van der Waals surface area contributed by atoms with Crippen molar-refractivity contribution in [3.63, 3.8) is 0 Å². The molecule has 0 saturated heterocycles. The summed E-state index contributed by atoms with van der Waals surface area (Å²) in [6.45, 7) is 27.2. The molecule has 2 heteroatoms. The highest BCUT2D eigenvalue weighted by atomic mass is 28.3. The molecule has 4 aliphatic carbocycles. The third-order valence-electron chi connectivity index (χ3n) is 15.4. The predicted molar refractivity (Wildman–Crippen MR) is 242 cm³/mol. The summed E-state index contributed by atoms with van der Waals surface area (Å²) in [4.78, 5) is 0. The van der Waals surface area contributed by atoms with E-state index in [-0.39, 0.29) is 0 Å². The number of hydrogen-bond donors (Lipinski definition) is 0. The van der Waals surface area contributed by atoms with Crippen LogP contribution in [-0.2, 0) is 0 Å². The summed E-state index contributed by atoms with van der Waals surface area (Å²) in [5.74, 6) is 8.27. The van der Waals surface area contributed by atoms with Gasteiger partial charge in [-0.05, 0) is 202 Å². The quantitative estimate of drug-likeness (QED) is 0.0644. The van der Waals surface area contributed by atoms with Crippen molar-refractivity contribution in [2.45, 2.75) is 141 Å². The van der Waals surface area contributed by atoms with Crippen LogP contribution < -0.4 is 0 Å². The molecule has 0 unspecified atom stereocenters. The van der Waals surface area contributed by atoms with Crippen molar-refractivity contribution < 1.29 is 0 Å². The lowest BCUT2D eigenvalue weighted by molar-refractivity contribution is 1.20. The van der Waals surface area contributed by atoms with E-state index in [9.17, 15) is 0 Å². The van der Waals surface area contributed by atoms with Crippen LogP contribution in [0, 0.1) is 78.3 Å². The molecular weight excluding hydrogens is 681 g/mol. The minimum Gasteiger partial charge on any atom is -0.125 e. The molecule has 9 rings (SSSR count). The molecule has 0 amide bonds. The van der Waals surface area contributed by atoms with Crippen LogP contribution in [0.4, 0.5) is 0 Å². The van der Waals surface area contributed by atoms with Crippen molar-refractivity contribution in [3.8, 4) is 22.9 Å². The maximum absolute atomic E-state index is 4.30. The molecule has 4 fully saturated rings. The molecule has 0 nitrogen and oxygen atoms in total. The van der Waals surface area contributed by atoms with Crippen molar-refractivity contribution in [1.82, 2.24) is 0 Å². The lowest BCUT2D eigenvalue weighted by Crippen LogP contribution is -2.33. The van der Waals surface area contributed by atoms with Gasteiger partial charge in [0.05, 0.1) is 0 Å². The second kappa shape index (κ2) is 12.9. The molecule has 0 radical (unpaired) electrons. The number of hydrogen-bond acceptors (Lipinski definition) is 0. The van der Waals surface area contributed by atoms with Crippen LogP contribution in [0.25, 0.3) is 43.1 Å². The zero-order chi connectivity index (χ0) is 37.8. The Kier molecular flexibility index (Phi) is 8.54. The van der Waals surface area contributed by atoms with Crippen LogP contribution in [0.5, 0.6) is 0 Å². The first-order valence-electron chi connectivity index (χ1n) is 21.1. The smallest absolute Gasteiger partial charge is 0.125 e. The molecule has 0 bridgehead atoms. The molecule has 0 aliphatic heterocycles. The first-order valence-corrected chi connectivity index (χ1v) is 25.8. The van der Waals surface area contributed by atoms with Crippen molar-refractivity contribution in [2.75, 3.05) is 0 Å². The van der Waals surface area contributed by atoms with Gasteiger partial charge in [0.25, 0.3) is 0 Å². The molecule has 4 saturated carbocycles. The van der Waals surface area contributed by atoms with Crippen molar-refractivity contribution in [1.29, 1.82) is 0 Å². The van der Waals surface area contributed by atoms with E-state index in [1.165, 1.54) is 150 Å². The van der Waals surface area contributed by atoms with Crippen LogP contribution in [0.3, 0.4) is 0 Å². The first-order chi connectivity index (χ1) is 26.0. The van der Waals surface area contributed by atoms with Gasteiger partial charge in [-0.1, -0.05) is 75.4 Å². The Hall–Kier alpha value is -3.83. The van der Waals surface area contributed by atoms with Gasteiger partial charge in [-0.25, -0.2) is 0 Å². The Labute approximate surface area is 326 Å². The Morgan fingerprint density at radius 3 is 0.870 bits per heavy atom. The third-order valence-corrected chi connectivity index (χ3v) is 26.7. The van der Waals surface area contributed by atoms with E-state index in [1.54, 1.807) is 0 Å². The summed E-state index contributed by atoms with van der Waals surface area (Å²) in [5, 5.41) is 10.7. The SMILES string of the molecule is C=CC[Si](C#Cc1c2cc3c(C)c(C)c(C)c(C)c3cc2c(C#C[Si](CC=C)(C2CC2)C2CC2)c2cc3c(C)c(C)c(C)c(C)c3cc12)(C1CC1)C1CC1. The van der Waals surface area contributed by atoms with E-state index in [0.29, 0.717) is 0 Å². The van der Waals surface area contributed by atoms with Crippen LogP contribution >= 0.6 is 0 Å². The molecule has 4 aliphatic rings. The fraction of sp³-hybridized carbons (Fsp3) is 0.423. The topological polar surface area (TPSA) is 0 Å². The monoisotopic (exact) mass is 738 g/mol. The van der Waals surface area contributed by atoms with Crippen molar-refractivity contribution in [2.24, 2.45) is 0 Å². The molecule has 0 aromatic heterocycles. The molecule has 274 valence electrons. The van der Waals surface area contributed by atoms with E-state index < -0.39 is 16.1 Å². The molecule has 0 atom stereocenters. The van der Waals surface area contributed by atoms with E-state index >= 15 is 0 Å². The molecule has 54 heavy (non-hydrogen) atoms. The van der Waals surface area contributed by atoms with E-state index in [0.717, 1.165) is 34.3 Å². The Balaban J connectivity index is 1.47. The highest BCUT2D eigenvalue weighted by Gasteiger charge is 2.55. The van der Waals surface area contributed by atoms with Gasteiger partial charge in [0, 0.05) is 11.1 Å². The van der Waals surface area contributed by atoms with Gasteiger partial charge in [0.2, 0.25) is 0 Å². The number of fused-ring (bicyclic) bond motifs is 4. The Bertz CT molecular complexity index is 2290. The highest BCUT2D eigenvalue weighted by molar-refractivity contribution is 6.92. The van der Waals surface area contributed by atoms with Crippen LogP contribution in [0.1, 0.15) is 107 Å². The average molecular weight is 739 g/mol. The maximum atomic E-state index is 4.30. The van der Waals surface area contributed by atoms with Crippen molar-refractivity contribution in [3.05, 3.63) is 105 Å². The molecule has 5 aromatic rings.